The average Bonchev–Trinajstić information content (AvgIpc) is 3.19. The number of rotatable bonds is 5. The Balaban J connectivity index is 2.12. The van der Waals surface area contributed by atoms with E-state index in [4.69, 9.17) is 16.5 Å². The molecule has 4 N–H and O–H groups in total. The van der Waals surface area contributed by atoms with E-state index in [0.29, 0.717) is 25.0 Å². The fourth-order valence-corrected chi connectivity index (χ4v) is 3.65. The Hall–Kier alpha value is -2.67. The van der Waals surface area contributed by atoms with Crippen molar-refractivity contribution >= 4 is 23.0 Å². The smallest absolute Gasteiger partial charge is 0.246 e. The number of aromatic nitrogens is 2. The molecule has 0 bridgehead atoms. The molecule has 1 aromatic heterocycles. The molecule has 1 aliphatic heterocycles. The lowest BCUT2D eigenvalue weighted by Crippen LogP contribution is -2.48. The summed E-state index contributed by atoms with van der Waals surface area (Å²) in [7, 11) is 1.77. The van der Waals surface area contributed by atoms with Gasteiger partial charge in [0.05, 0.1) is 12.7 Å². The van der Waals surface area contributed by atoms with Crippen LogP contribution in [0.25, 0.3) is 5.57 Å². The second kappa shape index (κ2) is 7.70. The second-order valence-corrected chi connectivity index (χ2v) is 6.63. The summed E-state index contributed by atoms with van der Waals surface area (Å²) in [6.45, 7) is 4.48. The molecule has 1 aliphatic carbocycles. The van der Waals surface area contributed by atoms with Crippen LogP contribution in [0.2, 0.25) is 0 Å². The molecule has 138 valence electrons. The van der Waals surface area contributed by atoms with Crippen LogP contribution in [0.4, 0.5) is 11.5 Å². The highest BCUT2D eigenvalue weighted by Crippen LogP contribution is 2.36. The molecule has 7 nitrogen and oxygen atoms in total. The molecule has 3 rings (SSSR count). The van der Waals surface area contributed by atoms with Crippen LogP contribution < -0.4 is 21.3 Å². The topological polar surface area (TPSA) is 101 Å². The van der Waals surface area contributed by atoms with Crippen LogP contribution >= 0.6 is 0 Å². The van der Waals surface area contributed by atoms with Crippen LogP contribution in [0.15, 0.2) is 36.7 Å². The maximum absolute atomic E-state index is 12.4. The molecular weight excluding hydrogens is 328 g/mol. The normalized spacial score (nSPS) is 19.1. The molecule has 26 heavy (non-hydrogen) atoms. The van der Waals surface area contributed by atoms with Gasteiger partial charge in [0.2, 0.25) is 5.91 Å². The van der Waals surface area contributed by atoms with Crippen molar-refractivity contribution in [2.45, 2.75) is 31.7 Å². The highest BCUT2D eigenvalue weighted by molar-refractivity contribution is 6.02. The Morgan fingerprint density at radius 3 is 2.77 bits per heavy atom. The first kappa shape index (κ1) is 18.1. The van der Waals surface area contributed by atoms with E-state index in [2.05, 4.69) is 16.5 Å². The van der Waals surface area contributed by atoms with Crippen LogP contribution in [0.1, 0.15) is 31.5 Å². The number of allylic oxidation sites excluding steroid dienone is 2. The molecule has 2 heterocycles. The molecule has 0 saturated heterocycles. The number of carbonyl (C=O) groups is 1. The van der Waals surface area contributed by atoms with Gasteiger partial charge in [-0.15, -0.1) is 0 Å². The third-order valence-electron chi connectivity index (χ3n) is 5.14. The minimum atomic E-state index is 0.0621. The lowest BCUT2D eigenvalue weighted by molar-refractivity contribution is -0.117. The van der Waals surface area contributed by atoms with Gasteiger partial charge in [0, 0.05) is 25.2 Å². The van der Waals surface area contributed by atoms with Crippen LogP contribution in [0.5, 0.6) is 0 Å². The molecule has 0 spiro atoms. The van der Waals surface area contributed by atoms with Gasteiger partial charge >= 0.3 is 0 Å². The maximum atomic E-state index is 12.4. The molecular formula is C19H26N6O. The fraction of sp³-hybridized carbons (Fsp3) is 0.421. The zero-order valence-corrected chi connectivity index (χ0v) is 15.2. The summed E-state index contributed by atoms with van der Waals surface area (Å²) < 4.78 is 0. The monoisotopic (exact) mass is 354 g/mol. The zero-order valence-electron chi connectivity index (χ0n) is 15.2. The molecule has 0 atom stereocenters. The lowest BCUT2D eigenvalue weighted by atomic mass is 10.1. The maximum Gasteiger partial charge on any atom is 0.246 e. The van der Waals surface area contributed by atoms with Crippen LogP contribution in [0.3, 0.4) is 0 Å². The van der Waals surface area contributed by atoms with E-state index in [1.54, 1.807) is 30.3 Å². The first-order valence-electron chi connectivity index (χ1n) is 8.95. The van der Waals surface area contributed by atoms with E-state index in [1.165, 1.54) is 19.0 Å². The number of nitrogens with zero attached hydrogens (tertiary/aromatic N) is 4. The predicted molar refractivity (Wildman–Crippen MR) is 105 cm³/mol. The number of nitrogens with two attached hydrogens (primary N) is 2. The highest BCUT2D eigenvalue weighted by Gasteiger charge is 2.34. The number of hydrogen-bond acceptors (Lipinski definition) is 6. The first-order valence-corrected chi connectivity index (χ1v) is 8.95. The van der Waals surface area contributed by atoms with Gasteiger partial charge in [-0.3, -0.25) is 4.79 Å². The fourth-order valence-electron chi connectivity index (χ4n) is 3.65. The van der Waals surface area contributed by atoms with Crippen LogP contribution in [-0.4, -0.2) is 42.1 Å². The van der Waals surface area contributed by atoms with Crippen molar-refractivity contribution in [1.29, 1.82) is 0 Å². The van der Waals surface area contributed by atoms with E-state index in [0.717, 1.165) is 35.5 Å². The quantitative estimate of drug-likeness (QED) is 0.779. The standard InChI is InChI=1S/C19H26N6O/c1-3-13(10-21)15(8-9-20)18-22-11-16-19(23-18)25(12-17(26)24(16)2)14-6-4-5-7-14/h3,8-9,11,14H,1,4-7,10,12,20-21H2,2H3/b9-8-,15-13-. The first-order chi connectivity index (χ1) is 12.6. The van der Waals surface area contributed by atoms with E-state index in [9.17, 15) is 4.79 Å². The third kappa shape index (κ3) is 3.22. The third-order valence-corrected chi connectivity index (χ3v) is 5.14. The summed E-state index contributed by atoms with van der Waals surface area (Å²) >= 11 is 0. The predicted octanol–water partition coefficient (Wildman–Crippen LogP) is 1.57. The summed E-state index contributed by atoms with van der Waals surface area (Å²) in [5.41, 5.74) is 13.7. The Bertz CT molecular complexity index is 763. The SMILES string of the molecule is C=C/C(CN)=C(\C=C/N)c1ncc2c(n1)N(C1CCCC1)CC(=O)N2C. The van der Waals surface area contributed by atoms with Gasteiger partial charge in [-0.1, -0.05) is 25.5 Å². The lowest BCUT2D eigenvalue weighted by Gasteiger charge is -2.37. The molecule has 1 aromatic rings. The number of likely N-dealkylation sites (N-methyl/N-ethyl adjacent to an activating group) is 1. The van der Waals surface area contributed by atoms with Crippen molar-refractivity contribution in [3.05, 3.63) is 42.5 Å². The molecule has 0 radical (unpaired) electrons. The van der Waals surface area contributed by atoms with E-state index in [1.807, 2.05) is 0 Å². The number of carbonyl (C=O) groups excluding carboxylic acids is 1. The van der Waals surface area contributed by atoms with Crippen molar-refractivity contribution in [2.75, 3.05) is 29.9 Å². The van der Waals surface area contributed by atoms with Crippen molar-refractivity contribution < 1.29 is 4.79 Å². The molecule has 1 fully saturated rings. The van der Waals surface area contributed by atoms with E-state index in [-0.39, 0.29) is 5.91 Å². The Labute approximate surface area is 154 Å². The largest absolute Gasteiger partial charge is 0.405 e. The molecule has 0 unspecified atom stereocenters. The molecule has 1 saturated carbocycles. The second-order valence-electron chi connectivity index (χ2n) is 6.63. The van der Waals surface area contributed by atoms with Crippen molar-refractivity contribution in [3.8, 4) is 0 Å². The molecule has 1 amide bonds. The Morgan fingerprint density at radius 2 is 2.15 bits per heavy atom. The minimum absolute atomic E-state index is 0.0621. The van der Waals surface area contributed by atoms with Crippen molar-refractivity contribution in [2.24, 2.45) is 11.5 Å². The summed E-state index contributed by atoms with van der Waals surface area (Å²) in [4.78, 5) is 25.5. The van der Waals surface area contributed by atoms with Gasteiger partial charge in [-0.05, 0) is 30.7 Å². The van der Waals surface area contributed by atoms with E-state index < -0.39 is 0 Å². The Kier molecular flexibility index (Phi) is 5.37. The average molecular weight is 354 g/mol. The van der Waals surface area contributed by atoms with Gasteiger partial charge in [0.15, 0.2) is 11.6 Å². The van der Waals surface area contributed by atoms with E-state index >= 15 is 0 Å². The number of anilines is 2. The zero-order chi connectivity index (χ0) is 18.7. The van der Waals surface area contributed by atoms with Crippen LogP contribution in [0, 0.1) is 0 Å². The van der Waals surface area contributed by atoms with Crippen molar-refractivity contribution in [1.82, 2.24) is 9.97 Å². The summed E-state index contributed by atoms with van der Waals surface area (Å²) in [5.74, 6) is 1.40. The Morgan fingerprint density at radius 1 is 1.42 bits per heavy atom. The van der Waals surface area contributed by atoms with Gasteiger partial charge in [-0.2, -0.15) is 0 Å². The summed E-state index contributed by atoms with van der Waals surface area (Å²) in [5, 5.41) is 0. The van der Waals surface area contributed by atoms with Gasteiger partial charge in [0.1, 0.15) is 5.69 Å². The molecule has 2 aliphatic rings. The molecule has 0 aromatic carbocycles. The van der Waals surface area contributed by atoms with Crippen LogP contribution in [-0.2, 0) is 4.79 Å². The number of amides is 1. The van der Waals surface area contributed by atoms with Gasteiger partial charge in [0.25, 0.3) is 0 Å². The van der Waals surface area contributed by atoms with Gasteiger partial charge < -0.3 is 21.3 Å². The van der Waals surface area contributed by atoms with Crippen molar-refractivity contribution in [3.63, 3.8) is 0 Å². The summed E-state index contributed by atoms with van der Waals surface area (Å²) in [6, 6.07) is 0.347. The summed E-state index contributed by atoms with van der Waals surface area (Å²) in [6.07, 6.45) is 11.1. The highest BCUT2D eigenvalue weighted by atomic mass is 16.2. The number of fused-ring (bicyclic) bond motifs is 1. The molecule has 7 heteroatoms. The minimum Gasteiger partial charge on any atom is -0.405 e. The number of hydrogen-bond donors (Lipinski definition) is 2. The van der Waals surface area contributed by atoms with Gasteiger partial charge in [-0.25, -0.2) is 9.97 Å².